The topological polar surface area (TPSA) is 37.3 Å². The third kappa shape index (κ3) is 3.70. The summed E-state index contributed by atoms with van der Waals surface area (Å²) in [5.74, 6) is -2.61. The second kappa shape index (κ2) is 6.69. The number of aliphatic hydroxyl groups is 1. The number of ketones is 1. The minimum atomic E-state index is -1.59. The van der Waals surface area contributed by atoms with E-state index in [-0.39, 0.29) is 23.4 Å². The van der Waals surface area contributed by atoms with E-state index in [1.807, 2.05) is 0 Å². The molecule has 0 fully saturated rings. The second-order valence-corrected chi connectivity index (χ2v) is 6.64. The van der Waals surface area contributed by atoms with Crippen LogP contribution in [-0.2, 0) is 5.60 Å². The Morgan fingerprint density at radius 1 is 1.45 bits per heavy atom. The third-order valence-corrected chi connectivity index (χ3v) is 4.14. The number of hydrogen-bond donors (Lipinski definition) is 1. The van der Waals surface area contributed by atoms with Crippen LogP contribution < -0.4 is 0 Å². The van der Waals surface area contributed by atoms with E-state index < -0.39 is 32.9 Å². The average molecular weight is 390 g/mol. The van der Waals surface area contributed by atoms with Crippen LogP contribution in [0.1, 0.15) is 36.2 Å². The Labute approximate surface area is 134 Å². The number of rotatable bonds is 5. The minimum Gasteiger partial charge on any atom is -0.386 e. The van der Waals surface area contributed by atoms with Crippen molar-refractivity contribution in [3.8, 4) is 0 Å². The van der Waals surface area contributed by atoms with Crippen LogP contribution in [0.2, 0.25) is 5.02 Å². The Morgan fingerprint density at radius 2 is 2.00 bits per heavy atom. The highest BCUT2D eigenvalue weighted by Gasteiger charge is 2.30. The van der Waals surface area contributed by atoms with Crippen molar-refractivity contribution >= 4 is 44.9 Å². The molecule has 0 saturated heterocycles. The van der Waals surface area contributed by atoms with Gasteiger partial charge in [-0.1, -0.05) is 27.5 Å². The largest absolute Gasteiger partial charge is 0.386 e. The monoisotopic (exact) mass is 388 g/mol. The molecule has 1 atom stereocenters. The highest BCUT2D eigenvalue weighted by atomic mass is 79.9. The van der Waals surface area contributed by atoms with Crippen LogP contribution in [0.5, 0.6) is 0 Å². The van der Waals surface area contributed by atoms with Gasteiger partial charge in [-0.2, -0.15) is 0 Å². The Kier molecular flexibility index (Phi) is 5.96. The Bertz CT molecular complexity index is 530. The van der Waals surface area contributed by atoms with E-state index in [0.717, 1.165) is 6.07 Å². The highest BCUT2D eigenvalue weighted by Crippen LogP contribution is 2.33. The van der Waals surface area contributed by atoms with Gasteiger partial charge >= 0.3 is 0 Å². The summed E-state index contributed by atoms with van der Waals surface area (Å²) in [4.78, 5) is 11.4. The van der Waals surface area contributed by atoms with E-state index in [2.05, 4.69) is 15.9 Å². The lowest BCUT2D eigenvalue weighted by molar-refractivity contribution is 0.0743. The zero-order chi connectivity index (χ0) is 15.7. The molecule has 1 aromatic carbocycles. The standard InChI is InChI=1S/C13H13BrCl2F2O2/c1-13(2,20)7-5-6(10(17)9(16)11(7)18)12(19)8(14)3-4-15/h5,8,20H,3-4H2,1-2H3. The summed E-state index contributed by atoms with van der Waals surface area (Å²) in [7, 11) is 0. The van der Waals surface area contributed by atoms with E-state index in [1.54, 1.807) is 0 Å². The van der Waals surface area contributed by atoms with E-state index >= 15 is 0 Å². The minimum absolute atomic E-state index is 0.205. The van der Waals surface area contributed by atoms with Crippen LogP contribution in [0.4, 0.5) is 8.78 Å². The maximum Gasteiger partial charge on any atom is 0.179 e. The smallest absolute Gasteiger partial charge is 0.179 e. The van der Waals surface area contributed by atoms with Crippen molar-refractivity contribution in [2.24, 2.45) is 0 Å². The van der Waals surface area contributed by atoms with E-state index in [0.29, 0.717) is 0 Å². The SMILES string of the molecule is CC(C)(O)c1cc(C(=O)C(Br)CCCl)c(F)c(Cl)c1F. The first kappa shape index (κ1) is 17.8. The van der Waals surface area contributed by atoms with Crippen LogP contribution in [-0.4, -0.2) is 21.6 Å². The highest BCUT2D eigenvalue weighted by molar-refractivity contribution is 9.10. The fourth-order valence-corrected chi connectivity index (χ4v) is 2.78. The number of halogens is 5. The van der Waals surface area contributed by atoms with Gasteiger partial charge in [-0.05, 0) is 26.3 Å². The molecule has 0 heterocycles. The molecular weight excluding hydrogens is 377 g/mol. The maximum atomic E-state index is 14.0. The molecule has 0 amide bonds. The molecule has 1 aromatic rings. The van der Waals surface area contributed by atoms with Crippen LogP contribution in [0, 0.1) is 11.6 Å². The number of alkyl halides is 2. The third-order valence-electron chi connectivity index (χ3n) is 2.72. The van der Waals surface area contributed by atoms with Gasteiger partial charge in [-0.3, -0.25) is 4.79 Å². The van der Waals surface area contributed by atoms with Crippen molar-refractivity contribution in [3.05, 3.63) is 33.9 Å². The lowest BCUT2D eigenvalue weighted by Crippen LogP contribution is -2.22. The van der Waals surface area contributed by atoms with Gasteiger partial charge in [0.15, 0.2) is 17.4 Å². The maximum absolute atomic E-state index is 14.0. The number of benzene rings is 1. The van der Waals surface area contributed by atoms with Crippen molar-refractivity contribution in [3.63, 3.8) is 0 Å². The van der Waals surface area contributed by atoms with Crippen LogP contribution in [0.3, 0.4) is 0 Å². The molecule has 0 aliphatic heterocycles. The van der Waals surface area contributed by atoms with Gasteiger partial charge in [0, 0.05) is 11.4 Å². The Balaban J connectivity index is 3.42. The zero-order valence-corrected chi connectivity index (χ0v) is 13.9. The van der Waals surface area contributed by atoms with Crippen LogP contribution >= 0.6 is 39.1 Å². The molecule has 0 bridgehead atoms. The second-order valence-electron chi connectivity index (χ2n) is 4.78. The summed E-state index contributed by atoms with van der Waals surface area (Å²) in [6.45, 7) is 2.64. The normalized spacial score (nSPS) is 13.4. The van der Waals surface area contributed by atoms with Crippen molar-refractivity contribution < 1.29 is 18.7 Å². The summed E-state index contributed by atoms with van der Waals surface area (Å²) >= 11 is 14.2. The van der Waals surface area contributed by atoms with Gasteiger partial charge in [0.25, 0.3) is 0 Å². The molecule has 2 nitrogen and oxygen atoms in total. The zero-order valence-electron chi connectivity index (χ0n) is 10.8. The first-order chi connectivity index (χ1) is 9.11. The molecule has 1 N–H and O–H groups in total. The number of Topliss-reactive ketones (excluding diaryl/α,β-unsaturated/α-hetero) is 1. The van der Waals surface area contributed by atoms with Gasteiger partial charge in [-0.15, -0.1) is 11.6 Å². The van der Waals surface area contributed by atoms with Gasteiger partial charge in [0.2, 0.25) is 0 Å². The first-order valence-electron chi connectivity index (χ1n) is 5.75. The number of carbonyl (C=O) groups is 1. The molecular formula is C13H13BrCl2F2O2. The van der Waals surface area contributed by atoms with E-state index in [9.17, 15) is 18.7 Å². The summed E-state index contributed by atoms with van der Waals surface area (Å²) in [6, 6.07) is 0.987. The van der Waals surface area contributed by atoms with E-state index in [1.165, 1.54) is 13.8 Å². The van der Waals surface area contributed by atoms with Gasteiger partial charge < -0.3 is 5.11 Å². The quantitative estimate of drug-likeness (QED) is 0.459. The lowest BCUT2D eigenvalue weighted by Gasteiger charge is -2.21. The molecule has 0 radical (unpaired) electrons. The average Bonchev–Trinajstić information content (AvgIpc) is 2.34. The molecule has 7 heteroatoms. The predicted molar refractivity (Wildman–Crippen MR) is 79.0 cm³/mol. The molecule has 0 saturated carbocycles. The summed E-state index contributed by atoms with van der Waals surface area (Å²) in [5.41, 5.74) is -2.21. The molecule has 1 unspecified atom stereocenters. The van der Waals surface area contributed by atoms with Gasteiger partial charge in [-0.25, -0.2) is 8.78 Å². The van der Waals surface area contributed by atoms with Gasteiger partial charge in [0.05, 0.1) is 16.0 Å². The van der Waals surface area contributed by atoms with Crippen LogP contribution in [0.25, 0.3) is 0 Å². The predicted octanol–water partition coefficient (Wildman–Crippen LogP) is 4.42. The molecule has 0 aliphatic carbocycles. The fraction of sp³-hybridized carbons (Fsp3) is 0.462. The first-order valence-corrected chi connectivity index (χ1v) is 7.58. The number of hydrogen-bond acceptors (Lipinski definition) is 2. The lowest BCUT2D eigenvalue weighted by atomic mass is 9.93. The summed E-state index contributed by atoms with van der Waals surface area (Å²) in [6.07, 6.45) is 0.284. The molecule has 112 valence electrons. The fourth-order valence-electron chi connectivity index (χ4n) is 1.62. The van der Waals surface area contributed by atoms with Crippen molar-refractivity contribution in [2.75, 3.05) is 5.88 Å². The summed E-state index contributed by atoms with van der Waals surface area (Å²) < 4.78 is 27.8. The Hall–Kier alpha value is -0.230. The Morgan fingerprint density at radius 3 is 2.45 bits per heavy atom. The van der Waals surface area contributed by atoms with E-state index in [4.69, 9.17) is 23.2 Å². The van der Waals surface area contributed by atoms with Crippen molar-refractivity contribution in [2.45, 2.75) is 30.7 Å². The summed E-state index contributed by atoms with van der Waals surface area (Å²) in [5, 5.41) is 9.06. The molecule has 0 aliphatic rings. The molecule has 20 heavy (non-hydrogen) atoms. The molecule has 1 rings (SSSR count). The van der Waals surface area contributed by atoms with Crippen LogP contribution in [0.15, 0.2) is 6.07 Å². The van der Waals surface area contributed by atoms with Crippen molar-refractivity contribution in [1.29, 1.82) is 0 Å². The molecule has 0 aromatic heterocycles. The van der Waals surface area contributed by atoms with Gasteiger partial charge in [0.1, 0.15) is 5.02 Å². The van der Waals surface area contributed by atoms with Crippen molar-refractivity contribution in [1.82, 2.24) is 0 Å². The number of carbonyl (C=O) groups excluding carboxylic acids is 1. The molecule has 0 spiro atoms.